The lowest BCUT2D eigenvalue weighted by Crippen LogP contribution is -2.51. The fraction of sp³-hybridized carbons (Fsp3) is 0.381. The van der Waals surface area contributed by atoms with Gasteiger partial charge in [-0.25, -0.2) is 9.71 Å². The third-order valence-corrected chi connectivity index (χ3v) is 7.59. The van der Waals surface area contributed by atoms with E-state index in [1.54, 1.807) is 6.20 Å². The average Bonchev–Trinajstić information content (AvgIpc) is 3.16. The zero-order chi connectivity index (χ0) is 20.5. The van der Waals surface area contributed by atoms with Crippen LogP contribution in [-0.4, -0.2) is 27.1 Å². The van der Waals surface area contributed by atoms with Gasteiger partial charge in [0.2, 0.25) is 5.52 Å². The van der Waals surface area contributed by atoms with Gasteiger partial charge in [-0.2, -0.15) is 0 Å². The van der Waals surface area contributed by atoms with Gasteiger partial charge in [0.25, 0.3) is 11.4 Å². The third-order valence-electron chi connectivity index (χ3n) is 7.59. The molecule has 2 aliphatic heterocycles. The Labute approximate surface area is 167 Å². The van der Waals surface area contributed by atoms with Crippen LogP contribution in [0.2, 0.25) is 0 Å². The van der Waals surface area contributed by atoms with Crippen molar-refractivity contribution in [3.8, 4) is 0 Å². The smallest absolute Gasteiger partial charge is 0.421 e. The van der Waals surface area contributed by atoms with Crippen molar-refractivity contribution in [3.63, 3.8) is 0 Å². The number of aromatic nitrogens is 4. The number of nitrogens with zero attached hydrogens (tertiary/aromatic N) is 4. The van der Waals surface area contributed by atoms with Crippen LogP contribution in [0.5, 0.6) is 0 Å². The molecule has 146 valence electrons. The summed E-state index contributed by atoms with van der Waals surface area (Å²) < 4.78 is 11.5. The minimum atomic E-state index is -1.91. The van der Waals surface area contributed by atoms with E-state index in [4.69, 9.17) is 9.74 Å². The molecule has 6 rings (SSSR count). The SMILES string of the molecule is Cc1c2[n+]3c4c(ccnc4c4c5c(ccn4OB(O)O)C[n+]1c53)C(C)(C)C2(C)C. The number of pyridine rings is 3. The van der Waals surface area contributed by atoms with E-state index >= 15 is 0 Å². The molecule has 29 heavy (non-hydrogen) atoms. The van der Waals surface area contributed by atoms with Crippen molar-refractivity contribution in [1.82, 2.24) is 9.71 Å². The Morgan fingerprint density at radius 3 is 2.66 bits per heavy atom. The Balaban J connectivity index is 1.98. The summed E-state index contributed by atoms with van der Waals surface area (Å²) in [5.41, 5.74) is 8.56. The van der Waals surface area contributed by atoms with Gasteiger partial charge < -0.3 is 14.8 Å². The molecule has 7 nitrogen and oxygen atoms in total. The summed E-state index contributed by atoms with van der Waals surface area (Å²) in [6.45, 7) is 12.2. The lowest BCUT2D eigenvalue weighted by molar-refractivity contribution is -0.693. The second kappa shape index (κ2) is 4.88. The lowest BCUT2D eigenvalue weighted by atomic mass is 9.60. The van der Waals surface area contributed by atoms with Crippen LogP contribution >= 0.6 is 0 Å². The van der Waals surface area contributed by atoms with E-state index in [1.165, 1.54) is 27.2 Å². The highest BCUT2D eigenvalue weighted by Gasteiger charge is 2.58. The zero-order valence-corrected chi connectivity index (χ0v) is 17.2. The van der Waals surface area contributed by atoms with E-state index in [2.05, 4.69) is 49.7 Å². The summed E-state index contributed by atoms with van der Waals surface area (Å²) in [4.78, 5) is 4.76. The largest absolute Gasteiger partial charge is 0.728 e. The van der Waals surface area contributed by atoms with Crippen LogP contribution in [0.25, 0.3) is 27.6 Å². The normalized spacial score (nSPS) is 17.9. The van der Waals surface area contributed by atoms with Gasteiger partial charge in [0.15, 0.2) is 17.4 Å². The monoisotopic (exact) mass is 390 g/mol. The Bertz CT molecular complexity index is 1400. The first-order valence-electron chi connectivity index (χ1n) is 9.93. The summed E-state index contributed by atoms with van der Waals surface area (Å²) in [5, 5.41) is 20.0. The number of fused-ring (bicyclic) bond motifs is 1. The molecule has 0 bridgehead atoms. The number of imidazole rings is 1. The van der Waals surface area contributed by atoms with E-state index in [0.29, 0.717) is 0 Å². The van der Waals surface area contributed by atoms with Gasteiger partial charge >= 0.3 is 13.0 Å². The predicted octanol–water partition coefficient (Wildman–Crippen LogP) is 0.853. The summed E-state index contributed by atoms with van der Waals surface area (Å²) >= 11 is 0. The predicted molar refractivity (Wildman–Crippen MR) is 107 cm³/mol. The van der Waals surface area contributed by atoms with Gasteiger partial charge in [-0.05, 0) is 26.0 Å². The molecule has 0 amide bonds. The quantitative estimate of drug-likeness (QED) is 0.266. The average molecular weight is 390 g/mol. The van der Waals surface area contributed by atoms with Gasteiger partial charge in [-0.3, -0.25) is 0 Å². The van der Waals surface area contributed by atoms with Crippen molar-refractivity contribution < 1.29 is 23.8 Å². The van der Waals surface area contributed by atoms with Gasteiger partial charge in [-0.1, -0.05) is 18.2 Å². The maximum atomic E-state index is 9.48. The van der Waals surface area contributed by atoms with Crippen LogP contribution in [0.15, 0.2) is 24.5 Å². The van der Waals surface area contributed by atoms with Crippen LogP contribution in [0.1, 0.15) is 50.2 Å². The van der Waals surface area contributed by atoms with E-state index in [-0.39, 0.29) is 10.8 Å². The number of rotatable bonds is 2. The zero-order valence-electron chi connectivity index (χ0n) is 17.2. The first-order chi connectivity index (χ1) is 13.7. The minimum absolute atomic E-state index is 0.0831. The Hall–Kier alpha value is -2.71. The molecule has 0 aromatic carbocycles. The molecule has 0 fully saturated rings. The van der Waals surface area contributed by atoms with Crippen LogP contribution in [0.4, 0.5) is 0 Å². The summed E-state index contributed by atoms with van der Waals surface area (Å²) in [5.74, 6) is 0. The second-order valence-corrected chi connectivity index (χ2v) is 9.31. The van der Waals surface area contributed by atoms with Gasteiger partial charge in [0.05, 0.1) is 5.41 Å². The molecule has 4 aromatic heterocycles. The molecular formula is C21H23BN4O3+2. The highest BCUT2D eigenvalue weighted by Crippen LogP contribution is 2.49. The Morgan fingerprint density at radius 2 is 1.93 bits per heavy atom. The van der Waals surface area contributed by atoms with Crippen molar-refractivity contribution in [2.24, 2.45) is 0 Å². The van der Waals surface area contributed by atoms with E-state index in [9.17, 15) is 10.0 Å². The van der Waals surface area contributed by atoms with Gasteiger partial charge in [0, 0.05) is 35.9 Å². The molecule has 0 saturated heterocycles. The second-order valence-electron chi connectivity index (χ2n) is 9.31. The fourth-order valence-corrected chi connectivity index (χ4v) is 5.60. The first-order valence-corrected chi connectivity index (χ1v) is 9.93. The third kappa shape index (κ3) is 1.72. The van der Waals surface area contributed by atoms with Gasteiger partial charge in [0.1, 0.15) is 5.52 Å². The van der Waals surface area contributed by atoms with Crippen molar-refractivity contribution in [3.05, 3.63) is 47.0 Å². The number of hydrogen-bond acceptors (Lipinski definition) is 4. The summed E-state index contributed by atoms with van der Waals surface area (Å²) in [7, 11) is -1.91. The Kier molecular flexibility index (Phi) is 2.89. The maximum absolute atomic E-state index is 9.48. The van der Waals surface area contributed by atoms with Crippen LogP contribution in [0, 0.1) is 6.92 Å². The molecule has 2 aliphatic rings. The number of hydrogen-bond donors (Lipinski definition) is 2. The molecule has 0 saturated carbocycles. The maximum Gasteiger partial charge on any atom is 0.728 e. The minimum Gasteiger partial charge on any atom is -0.421 e. The van der Waals surface area contributed by atoms with Crippen LogP contribution < -0.4 is 13.7 Å². The van der Waals surface area contributed by atoms with Crippen LogP contribution in [-0.2, 0) is 17.4 Å². The fourth-order valence-electron chi connectivity index (χ4n) is 5.60. The van der Waals surface area contributed by atoms with Crippen molar-refractivity contribution in [2.45, 2.75) is 52.0 Å². The van der Waals surface area contributed by atoms with Crippen molar-refractivity contribution in [2.75, 3.05) is 0 Å². The molecule has 0 aliphatic carbocycles. The highest BCUT2D eigenvalue weighted by atomic mass is 16.7. The standard InChI is InChI=1S/C21H23BN4O3/c1-11-18-21(4,5)20(2,3)13-6-8-23-15-16(13)26(18)19-14-12(10-24(11)19)7-9-25(17(14)15)29-22(27)28/h6-9,27-28H,10H2,1-5H3/q+2. The molecular weight excluding hydrogens is 367 g/mol. The van der Waals surface area contributed by atoms with E-state index in [1.807, 2.05) is 12.3 Å². The van der Waals surface area contributed by atoms with Gasteiger partial charge in [-0.15, -0.1) is 4.57 Å². The molecule has 2 N–H and O–H groups in total. The highest BCUT2D eigenvalue weighted by molar-refractivity contribution is 6.33. The van der Waals surface area contributed by atoms with Crippen molar-refractivity contribution in [1.29, 1.82) is 0 Å². The van der Waals surface area contributed by atoms with E-state index < -0.39 is 7.32 Å². The molecule has 0 spiro atoms. The first kappa shape index (κ1) is 17.2. The molecule has 0 radical (unpaired) electrons. The Morgan fingerprint density at radius 1 is 1.17 bits per heavy atom. The lowest BCUT2D eigenvalue weighted by Gasteiger charge is -2.40. The van der Waals surface area contributed by atoms with E-state index in [0.717, 1.165) is 34.1 Å². The molecule has 0 unspecified atom stereocenters. The molecule has 8 heteroatoms. The molecule has 4 aromatic rings. The summed E-state index contributed by atoms with van der Waals surface area (Å²) in [6, 6.07) is 4.10. The summed E-state index contributed by atoms with van der Waals surface area (Å²) in [6.07, 6.45) is 3.59. The topological polar surface area (TPSA) is 75.5 Å². The van der Waals surface area contributed by atoms with Crippen LogP contribution in [0.3, 0.4) is 0 Å². The molecule has 6 heterocycles. The molecule has 0 atom stereocenters. The van der Waals surface area contributed by atoms with Crippen molar-refractivity contribution >= 4 is 34.9 Å².